The van der Waals surface area contributed by atoms with Crippen LogP contribution in [0.5, 0.6) is 0 Å². The number of Topliss-reactive ketones (excluding diaryl/α,β-unsaturated/α-hetero) is 1. The maximum absolute atomic E-state index is 13.2. The molecule has 4 rings (SSSR count). The minimum Gasteiger partial charge on any atom is -0.511 e. The summed E-state index contributed by atoms with van der Waals surface area (Å²) in [7, 11) is 0. The SMILES string of the molecule is O=C(O)CCN=C1CC(c2ccccc2)CC(=O)/C1=C(\O)Cc1cccc2ccccc12. The van der Waals surface area contributed by atoms with Gasteiger partial charge in [0.05, 0.1) is 12.0 Å². The highest BCUT2D eigenvalue weighted by Gasteiger charge is 2.32. The Morgan fingerprint density at radius 1 is 0.906 bits per heavy atom. The Hall–Kier alpha value is -3.73. The fourth-order valence-electron chi connectivity index (χ4n) is 4.33. The number of ketones is 1. The topological polar surface area (TPSA) is 87.0 Å². The Morgan fingerprint density at radius 2 is 1.62 bits per heavy atom. The third-order valence-corrected chi connectivity index (χ3v) is 5.86. The van der Waals surface area contributed by atoms with Crippen LogP contribution < -0.4 is 0 Å². The van der Waals surface area contributed by atoms with Gasteiger partial charge in [0.1, 0.15) is 5.76 Å². The predicted octanol–water partition coefficient (Wildman–Crippen LogP) is 5.26. The molecule has 5 heteroatoms. The summed E-state index contributed by atoms with van der Waals surface area (Å²) in [6.45, 7) is 0.0739. The van der Waals surface area contributed by atoms with Crippen molar-refractivity contribution in [3.8, 4) is 0 Å². The molecule has 3 aromatic rings. The Kier molecular flexibility index (Phi) is 6.45. The lowest BCUT2D eigenvalue weighted by molar-refractivity contribution is -0.136. The van der Waals surface area contributed by atoms with Crippen LogP contribution in [0.4, 0.5) is 0 Å². The standard InChI is InChI=1S/C27H25NO4/c29-24(16-20-11-6-10-19-9-4-5-12-22(19)20)27-23(28-14-13-26(31)32)15-21(17-25(27)30)18-7-2-1-3-8-18/h1-12,21,29H,13-17H2,(H,31,32)/b27-24-,28-23?. The van der Waals surface area contributed by atoms with Gasteiger partial charge in [0.2, 0.25) is 0 Å². The summed E-state index contributed by atoms with van der Waals surface area (Å²) in [5.41, 5.74) is 2.71. The second-order valence-electron chi connectivity index (χ2n) is 8.05. The van der Waals surface area contributed by atoms with Crippen LogP contribution in [-0.2, 0) is 16.0 Å². The third kappa shape index (κ3) is 4.78. The number of aliphatic carboxylic acids is 1. The number of aliphatic hydroxyl groups is 1. The number of carbonyl (C=O) groups is 2. The molecule has 2 N–H and O–H groups in total. The van der Waals surface area contributed by atoms with Crippen LogP contribution in [0.15, 0.2) is 89.1 Å². The molecule has 0 heterocycles. The number of nitrogens with zero attached hydrogens (tertiary/aromatic N) is 1. The number of aliphatic imine (C=N–C) groups is 1. The van der Waals surface area contributed by atoms with Crippen molar-refractivity contribution in [2.45, 2.75) is 31.6 Å². The van der Waals surface area contributed by atoms with E-state index in [2.05, 4.69) is 4.99 Å². The Bertz CT molecular complexity index is 1210. The number of rotatable bonds is 6. The number of carboxylic acid groups (broad SMARTS) is 1. The highest BCUT2D eigenvalue weighted by Crippen LogP contribution is 2.34. The minimum absolute atomic E-state index is 0.00746. The number of allylic oxidation sites excluding steroid dienone is 2. The Morgan fingerprint density at radius 3 is 2.41 bits per heavy atom. The molecule has 5 nitrogen and oxygen atoms in total. The molecule has 0 radical (unpaired) electrons. The molecule has 1 fully saturated rings. The second kappa shape index (κ2) is 9.60. The van der Waals surface area contributed by atoms with Crippen molar-refractivity contribution in [3.63, 3.8) is 0 Å². The molecule has 1 aliphatic carbocycles. The quantitative estimate of drug-likeness (QED) is 0.415. The van der Waals surface area contributed by atoms with Gasteiger partial charge in [0, 0.05) is 25.1 Å². The minimum atomic E-state index is -0.943. The van der Waals surface area contributed by atoms with Gasteiger partial charge in [-0.15, -0.1) is 0 Å². The number of hydrogen-bond acceptors (Lipinski definition) is 4. The van der Waals surface area contributed by atoms with E-state index in [0.717, 1.165) is 21.9 Å². The van der Waals surface area contributed by atoms with Crippen LogP contribution in [0, 0.1) is 0 Å². The van der Waals surface area contributed by atoms with E-state index >= 15 is 0 Å². The average Bonchev–Trinajstić information content (AvgIpc) is 2.79. The van der Waals surface area contributed by atoms with Gasteiger partial charge in [-0.3, -0.25) is 14.6 Å². The van der Waals surface area contributed by atoms with Crippen molar-refractivity contribution in [1.82, 2.24) is 0 Å². The van der Waals surface area contributed by atoms with Gasteiger partial charge in [-0.05, 0) is 34.2 Å². The molecular weight excluding hydrogens is 402 g/mol. The summed E-state index contributed by atoms with van der Waals surface area (Å²) < 4.78 is 0. The molecule has 0 amide bonds. The molecule has 0 aliphatic heterocycles. The van der Waals surface area contributed by atoms with E-state index in [4.69, 9.17) is 5.11 Å². The van der Waals surface area contributed by atoms with Gasteiger partial charge in [-0.2, -0.15) is 0 Å². The number of hydrogen-bond donors (Lipinski definition) is 2. The second-order valence-corrected chi connectivity index (χ2v) is 8.05. The van der Waals surface area contributed by atoms with E-state index in [1.54, 1.807) is 0 Å². The van der Waals surface area contributed by atoms with Gasteiger partial charge in [0.25, 0.3) is 0 Å². The number of fused-ring (bicyclic) bond motifs is 1. The Balaban J connectivity index is 1.69. The van der Waals surface area contributed by atoms with Crippen molar-refractivity contribution in [1.29, 1.82) is 0 Å². The van der Waals surface area contributed by atoms with E-state index in [0.29, 0.717) is 12.1 Å². The number of benzene rings is 3. The number of aliphatic hydroxyl groups excluding tert-OH is 1. The summed E-state index contributed by atoms with van der Waals surface area (Å²) >= 11 is 0. The van der Waals surface area contributed by atoms with Crippen molar-refractivity contribution >= 4 is 28.2 Å². The normalized spacial score (nSPS) is 19.3. The first-order valence-corrected chi connectivity index (χ1v) is 10.8. The lowest BCUT2D eigenvalue weighted by Gasteiger charge is -2.26. The van der Waals surface area contributed by atoms with Crippen LogP contribution in [0.2, 0.25) is 0 Å². The maximum Gasteiger partial charge on any atom is 0.305 e. The largest absolute Gasteiger partial charge is 0.511 e. The molecule has 0 spiro atoms. The molecule has 162 valence electrons. The molecule has 1 unspecified atom stereocenters. The summed E-state index contributed by atoms with van der Waals surface area (Å²) in [6.07, 6.45) is 0.878. The first kappa shape index (κ1) is 21.5. The van der Waals surface area contributed by atoms with Gasteiger partial charge >= 0.3 is 5.97 Å². The van der Waals surface area contributed by atoms with Crippen molar-refractivity contribution in [2.75, 3.05) is 6.54 Å². The number of carbonyl (C=O) groups excluding carboxylic acids is 1. The Labute approximate surface area is 186 Å². The smallest absolute Gasteiger partial charge is 0.305 e. The molecule has 1 aliphatic rings. The zero-order chi connectivity index (χ0) is 22.5. The molecule has 1 atom stereocenters. The van der Waals surface area contributed by atoms with E-state index in [9.17, 15) is 14.7 Å². The maximum atomic E-state index is 13.2. The van der Waals surface area contributed by atoms with Gasteiger partial charge in [-0.1, -0.05) is 72.8 Å². The molecule has 0 bridgehead atoms. The highest BCUT2D eigenvalue weighted by molar-refractivity contribution is 6.24. The molecule has 32 heavy (non-hydrogen) atoms. The van der Waals surface area contributed by atoms with Crippen LogP contribution in [-0.4, -0.2) is 34.2 Å². The fraction of sp³-hybridized carbons (Fsp3) is 0.222. The van der Waals surface area contributed by atoms with Crippen molar-refractivity contribution in [2.24, 2.45) is 4.99 Å². The average molecular weight is 428 g/mol. The lowest BCUT2D eigenvalue weighted by Crippen LogP contribution is -2.27. The van der Waals surface area contributed by atoms with E-state index < -0.39 is 5.97 Å². The molecule has 1 saturated carbocycles. The first-order chi connectivity index (χ1) is 15.5. The fourth-order valence-corrected chi connectivity index (χ4v) is 4.33. The van der Waals surface area contributed by atoms with E-state index in [1.807, 2.05) is 72.8 Å². The molecule has 0 saturated heterocycles. The number of carboxylic acids is 1. The molecule has 0 aromatic heterocycles. The van der Waals surface area contributed by atoms with Gasteiger partial charge < -0.3 is 10.2 Å². The van der Waals surface area contributed by atoms with Crippen LogP contribution in [0.25, 0.3) is 10.8 Å². The summed E-state index contributed by atoms with van der Waals surface area (Å²) in [5.74, 6) is -1.15. The van der Waals surface area contributed by atoms with Crippen LogP contribution >= 0.6 is 0 Å². The van der Waals surface area contributed by atoms with Gasteiger partial charge in [-0.25, -0.2) is 0 Å². The highest BCUT2D eigenvalue weighted by atomic mass is 16.4. The molecule has 3 aromatic carbocycles. The van der Waals surface area contributed by atoms with Crippen molar-refractivity contribution in [3.05, 3.63) is 95.3 Å². The summed E-state index contributed by atoms with van der Waals surface area (Å²) in [5, 5.41) is 22.1. The van der Waals surface area contributed by atoms with E-state index in [-0.39, 0.29) is 48.8 Å². The van der Waals surface area contributed by atoms with Crippen LogP contribution in [0.3, 0.4) is 0 Å². The van der Waals surface area contributed by atoms with Gasteiger partial charge in [0.15, 0.2) is 5.78 Å². The van der Waals surface area contributed by atoms with E-state index in [1.165, 1.54) is 0 Å². The zero-order valence-corrected chi connectivity index (χ0v) is 17.7. The third-order valence-electron chi connectivity index (χ3n) is 5.86. The summed E-state index contributed by atoms with van der Waals surface area (Å²) in [6, 6.07) is 23.6. The van der Waals surface area contributed by atoms with Crippen LogP contribution in [0.1, 0.15) is 36.3 Å². The lowest BCUT2D eigenvalue weighted by atomic mass is 9.78. The first-order valence-electron chi connectivity index (χ1n) is 10.8. The molecular formula is C27H25NO4. The monoisotopic (exact) mass is 427 g/mol. The summed E-state index contributed by atoms with van der Waals surface area (Å²) in [4.78, 5) is 28.6. The zero-order valence-electron chi connectivity index (χ0n) is 17.7. The predicted molar refractivity (Wildman–Crippen MR) is 125 cm³/mol. The van der Waals surface area contributed by atoms with Crippen molar-refractivity contribution < 1.29 is 19.8 Å².